The van der Waals surface area contributed by atoms with Crippen molar-refractivity contribution in [3.63, 3.8) is 0 Å². The number of rotatable bonds is 3. The van der Waals surface area contributed by atoms with Gasteiger partial charge >= 0.3 is 11.9 Å². The van der Waals surface area contributed by atoms with Gasteiger partial charge in [0.15, 0.2) is 0 Å². The van der Waals surface area contributed by atoms with E-state index in [-0.39, 0.29) is 17.6 Å². The predicted molar refractivity (Wildman–Crippen MR) is 81.0 cm³/mol. The van der Waals surface area contributed by atoms with Gasteiger partial charge in [-0.15, -0.1) is 5.11 Å². The molecule has 7 heteroatoms. The van der Waals surface area contributed by atoms with Gasteiger partial charge in [-0.25, -0.2) is 4.79 Å². The van der Waals surface area contributed by atoms with E-state index < -0.39 is 17.4 Å². The molecule has 1 amide bonds. The first-order valence-electron chi connectivity index (χ1n) is 6.51. The summed E-state index contributed by atoms with van der Waals surface area (Å²) in [5, 5.41) is 16.4. The predicted octanol–water partition coefficient (Wildman–Crippen LogP) is 3.34. The fourth-order valence-corrected chi connectivity index (χ4v) is 2.53. The van der Waals surface area contributed by atoms with E-state index in [9.17, 15) is 9.59 Å². The van der Waals surface area contributed by atoms with E-state index in [4.69, 9.17) is 10.00 Å². The van der Waals surface area contributed by atoms with Crippen molar-refractivity contribution >= 4 is 27.8 Å². The van der Waals surface area contributed by atoms with Gasteiger partial charge in [-0.05, 0) is 37.1 Å². The van der Waals surface area contributed by atoms with Gasteiger partial charge in [-0.3, -0.25) is 4.79 Å². The van der Waals surface area contributed by atoms with Crippen LogP contribution in [0.1, 0.15) is 20.3 Å². The number of esters is 1. The topological polar surface area (TPSA) is 91.9 Å². The number of carbonyl (C=O) groups is 2. The molecule has 1 unspecified atom stereocenters. The summed E-state index contributed by atoms with van der Waals surface area (Å²) in [6.45, 7) is 3.25. The van der Waals surface area contributed by atoms with Crippen molar-refractivity contribution in [3.8, 4) is 11.8 Å². The Morgan fingerprint density at radius 3 is 2.82 bits per heavy atom. The first kappa shape index (κ1) is 16.0. The Kier molecular flexibility index (Phi) is 4.52. The molecule has 0 saturated carbocycles. The second kappa shape index (κ2) is 6.20. The molecule has 0 aliphatic carbocycles. The van der Waals surface area contributed by atoms with E-state index in [2.05, 4.69) is 26.2 Å². The van der Waals surface area contributed by atoms with E-state index in [0.29, 0.717) is 5.75 Å². The minimum absolute atomic E-state index is 0.164. The third kappa shape index (κ3) is 2.70. The molecule has 1 aliphatic rings. The molecule has 0 N–H and O–H groups in total. The number of amides is 1. The highest BCUT2D eigenvalue weighted by Crippen LogP contribution is 2.34. The number of azo groups is 1. The summed E-state index contributed by atoms with van der Waals surface area (Å²) >= 11 is 3.29. The van der Waals surface area contributed by atoms with Gasteiger partial charge in [0, 0.05) is 4.47 Å². The summed E-state index contributed by atoms with van der Waals surface area (Å²) in [4.78, 5) is 24.1. The Hall–Kier alpha value is -2.33. The maximum absolute atomic E-state index is 12.6. The third-order valence-electron chi connectivity index (χ3n) is 3.49. The normalized spacial score (nSPS) is 20.7. The van der Waals surface area contributed by atoms with Gasteiger partial charge in [-0.1, -0.05) is 28.9 Å². The van der Waals surface area contributed by atoms with E-state index in [0.717, 1.165) is 4.47 Å². The fourth-order valence-electron chi connectivity index (χ4n) is 2.15. The van der Waals surface area contributed by atoms with Crippen molar-refractivity contribution in [2.45, 2.75) is 25.8 Å². The summed E-state index contributed by atoms with van der Waals surface area (Å²) in [7, 11) is 0. The fraction of sp³-hybridized carbons (Fsp3) is 0.267. The number of ether oxygens (including phenoxy) is 1. The van der Waals surface area contributed by atoms with Crippen LogP contribution in [0.5, 0.6) is 5.75 Å². The summed E-state index contributed by atoms with van der Waals surface area (Å²) in [6.07, 6.45) is 0.230. The van der Waals surface area contributed by atoms with Crippen molar-refractivity contribution in [1.82, 2.24) is 0 Å². The molecule has 1 atom stereocenters. The van der Waals surface area contributed by atoms with Crippen LogP contribution in [0.25, 0.3) is 0 Å². The molecule has 22 heavy (non-hydrogen) atoms. The molecule has 1 aromatic carbocycles. The molecule has 112 valence electrons. The maximum atomic E-state index is 12.6. The monoisotopic (exact) mass is 361 g/mol. The number of hydrogen-bond acceptors (Lipinski definition) is 5. The lowest BCUT2D eigenvalue weighted by Gasteiger charge is -2.28. The molecule has 6 nitrogen and oxygen atoms in total. The Morgan fingerprint density at radius 2 is 2.23 bits per heavy atom. The Bertz CT molecular complexity index is 749. The first-order chi connectivity index (χ1) is 10.4. The van der Waals surface area contributed by atoms with Crippen LogP contribution < -0.4 is 4.74 Å². The van der Waals surface area contributed by atoms with E-state index in [1.54, 1.807) is 37.3 Å². The Balaban J connectivity index is 2.41. The van der Waals surface area contributed by atoms with Gasteiger partial charge in [-0.2, -0.15) is 10.4 Å². The van der Waals surface area contributed by atoms with Crippen molar-refractivity contribution in [3.05, 3.63) is 39.9 Å². The molecule has 0 radical (unpaired) electrons. The van der Waals surface area contributed by atoms with Gasteiger partial charge in [0.25, 0.3) is 0 Å². The smallest absolute Gasteiger partial charge is 0.345 e. The highest BCUT2D eigenvalue weighted by Gasteiger charge is 2.46. The van der Waals surface area contributed by atoms with Gasteiger partial charge in [0.1, 0.15) is 17.4 Å². The van der Waals surface area contributed by atoms with Crippen LogP contribution in [-0.2, 0) is 9.59 Å². The number of carbonyl (C=O) groups excluding carboxylic acids is 2. The summed E-state index contributed by atoms with van der Waals surface area (Å²) in [5.41, 5.74) is -1.35. The molecular formula is C15H12BrN3O3. The van der Waals surface area contributed by atoms with E-state index in [1.807, 2.05) is 0 Å². The third-order valence-corrected chi connectivity index (χ3v) is 3.98. The van der Waals surface area contributed by atoms with Crippen LogP contribution in [0.2, 0.25) is 0 Å². The molecule has 2 rings (SSSR count). The average Bonchev–Trinajstić information content (AvgIpc) is 2.48. The standard InChI is InChI=1S/C15H12BrN3O3/c1-3-15(9(2)12(8-17)13(20)18-19-15)14(21)22-11-6-4-5-10(16)7-11/h4-7H,3H2,1-2H3. The van der Waals surface area contributed by atoms with Crippen molar-refractivity contribution in [2.24, 2.45) is 10.2 Å². The van der Waals surface area contributed by atoms with Gasteiger partial charge in [0.2, 0.25) is 5.54 Å². The van der Waals surface area contributed by atoms with Crippen molar-refractivity contribution in [1.29, 1.82) is 5.26 Å². The molecule has 1 heterocycles. The Morgan fingerprint density at radius 1 is 1.50 bits per heavy atom. The van der Waals surface area contributed by atoms with Crippen LogP contribution >= 0.6 is 15.9 Å². The Labute approximate surface area is 135 Å². The van der Waals surface area contributed by atoms with E-state index >= 15 is 0 Å². The zero-order valence-corrected chi connectivity index (χ0v) is 13.5. The SMILES string of the molecule is CCC1(C(=O)Oc2cccc(Br)c2)N=NC(=O)C(C#N)=C1C. The summed E-state index contributed by atoms with van der Waals surface area (Å²) in [6, 6.07) is 8.56. The number of benzene rings is 1. The van der Waals surface area contributed by atoms with Crippen LogP contribution in [0.3, 0.4) is 0 Å². The lowest BCUT2D eigenvalue weighted by atomic mass is 9.84. The highest BCUT2D eigenvalue weighted by atomic mass is 79.9. The maximum Gasteiger partial charge on any atom is 0.345 e. The zero-order chi connectivity index (χ0) is 16.3. The number of nitrogens with zero attached hydrogens (tertiary/aromatic N) is 3. The molecule has 1 aromatic rings. The lowest BCUT2D eigenvalue weighted by Crippen LogP contribution is -2.43. The van der Waals surface area contributed by atoms with Crippen LogP contribution in [-0.4, -0.2) is 17.4 Å². The van der Waals surface area contributed by atoms with Crippen molar-refractivity contribution in [2.75, 3.05) is 0 Å². The first-order valence-corrected chi connectivity index (χ1v) is 7.30. The molecule has 1 aliphatic heterocycles. The second-order valence-electron chi connectivity index (χ2n) is 4.68. The lowest BCUT2D eigenvalue weighted by molar-refractivity contribution is -0.139. The summed E-state index contributed by atoms with van der Waals surface area (Å²) in [5.74, 6) is -1.07. The molecule has 0 aromatic heterocycles. The number of nitriles is 1. The summed E-state index contributed by atoms with van der Waals surface area (Å²) < 4.78 is 6.11. The minimum Gasteiger partial charge on any atom is -0.424 e. The second-order valence-corrected chi connectivity index (χ2v) is 5.59. The molecule has 0 fully saturated rings. The van der Waals surface area contributed by atoms with Crippen LogP contribution in [0, 0.1) is 11.3 Å². The zero-order valence-electron chi connectivity index (χ0n) is 12.0. The van der Waals surface area contributed by atoms with E-state index in [1.165, 1.54) is 6.92 Å². The molecular weight excluding hydrogens is 350 g/mol. The average molecular weight is 362 g/mol. The minimum atomic E-state index is -1.44. The quantitative estimate of drug-likeness (QED) is 0.609. The van der Waals surface area contributed by atoms with Crippen LogP contribution in [0.15, 0.2) is 50.1 Å². The van der Waals surface area contributed by atoms with Gasteiger partial charge in [0.05, 0.1) is 0 Å². The largest absolute Gasteiger partial charge is 0.424 e. The van der Waals surface area contributed by atoms with Crippen molar-refractivity contribution < 1.29 is 14.3 Å². The number of hydrogen-bond donors (Lipinski definition) is 0. The molecule has 0 saturated heterocycles. The highest BCUT2D eigenvalue weighted by molar-refractivity contribution is 9.10. The molecule has 0 spiro atoms. The number of halogens is 1. The van der Waals surface area contributed by atoms with Crippen LogP contribution in [0.4, 0.5) is 0 Å². The van der Waals surface area contributed by atoms with Gasteiger partial charge < -0.3 is 4.74 Å². The molecule has 0 bridgehead atoms.